The molecule has 0 aliphatic rings. The summed E-state index contributed by atoms with van der Waals surface area (Å²) in [6.07, 6.45) is -0.796. The second-order valence-corrected chi connectivity index (χ2v) is 2.39. The lowest BCUT2D eigenvalue weighted by molar-refractivity contribution is -0.170. The van der Waals surface area contributed by atoms with Crippen LogP contribution in [0.1, 0.15) is 6.42 Å². The number of alkyl halides is 1. The van der Waals surface area contributed by atoms with Gasteiger partial charge in [-0.1, -0.05) is 0 Å². The first kappa shape index (κ1) is 10.7. The summed E-state index contributed by atoms with van der Waals surface area (Å²) in [4.78, 5) is 15.5. The van der Waals surface area contributed by atoms with Crippen LogP contribution in [-0.2, 0) is 9.63 Å². The average Bonchev–Trinajstić information content (AvgIpc) is 2.02. The van der Waals surface area contributed by atoms with E-state index in [1.165, 1.54) is 14.2 Å². The molecule has 1 atom stereocenters. The molecule has 4 nitrogen and oxygen atoms in total. The van der Waals surface area contributed by atoms with E-state index in [-0.39, 0.29) is 18.2 Å². The molecule has 0 aliphatic heterocycles. The molecule has 0 aliphatic carbocycles. The first-order valence-electron chi connectivity index (χ1n) is 3.16. The minimum atomic E-state index is -0.790. The van der Waals surface area contributed by atoms with Crippen molar-refractivity contribution in [3.8, 4) is 0 Å². The van der Waals surface area contributed by atoms with Crippen LogP contribution in [0.25, 0.3) is 0 Å². The number of hydroxylamine groups is 2. The summed E-state index contributed by atoms with van der Waals surface area (Å²) < 4.78 is 0. The third-order valence-electron chi connectivity index (χ3n) is 1.21. The highest BCUT2D eigenvalue weighted by molar-refractivity contribution is 6.18. The van der Waals surface area contributed by atoms with Crippen LogP contribution in [0, 0.1) is 0 Å². The number of hydrogen-bond donors (Lipinski definition) is 1. The van der Waals surface area contributed by atoms with Crippen molar-refractivity contribution in [2.45, 2.75) is 12.5 Å². The number of carbonyl (C=O) groups is 1. The van der Waals surface area contributed by atoms with Gasteiger partial charge < -0.3 is 5.11 Å². The van der Waals surface area contributed by atoms with Crippen LogP contribution in [-0.4, -0.2) is 42.2 Å². The molecule has 1 unspecified atom stereocenters. The smallest absolute Gasteiger partial charge is 0.248 e. The lowest BCUT2D eigenvalue weighted by Crippen LogP contribution is -2.29. The summed E-state index contributed by atoms with van der Waals surface area (Å²) in [5.41, 5.74) is 0. The van der Waals surface area contributed by atoms with Crippen molar-refractivity contribution >= 4 is 17.5 Å². The fourth-order valence-electron chi connectivity index (χ4n) is 0.486. The highest BCUT2D eigenvalue weighted by atomic mass is 35.5. The number of carbonyl (C=O) groups excluding carboxylic acids is 1. The number of halogens is 1. The van der Waals surface area contributed by atoms with Gasteiger partial charge in [0.1, 0.15) is 0 Å². The number of aliphatic hydroxyl groups excluding tert-OH is 1. The second kappa shape index (κ2) is 5.35. The van der Waals surface area contributed by atoms with Crippen LogP contribution >= 0.6 is 11.6 Å². The van der Waals surface area contributed by atoms with E-state index in [4.69, 9.17) is 16.7 Å². The Morgan fingerprint density at radius 1 is 1.82 bits per heavy atom. The molecule has 0 spiro atoms. The lowest BCUT2D eigenvalue weighted by Gasteiger charge is -2.14. The molecule has 0 saturated carbocycles. The van der Waals surface area contributed by atoms with E-state index in [0.29, 0.717) is 0 Å². The van der Waals surface area contributed by atoms with Crippen molar-refractivity contribution in [2.24, 2.45) is 0 Å². The Kier molecular flexibility index (Phi) is 5.19. The van der Waals surface area contributed by atoms with Crippen LogP contribution in [0.2, 0.25) is 0 Å². The van der Waals surface area contributed by atoms with Crippen molar-refractivity contribution < 1.29 is 14.7 Å². The maximum atomic E-state index is 10.9. The Bertz CT molecular complexity index is 131. The molecule has 0 heterocycles. The van der Waals surface area contributed by atoms with E-state index < -0.39 is 6.10 Å². The van der Waals surface area contributed by atoms with Gasteiger partial charge in [0.25, 0.3) is 0 Å². The molecule has 1 N–H and O–H groups in total. The molecule has 0 rings (SSSR count). The van der Waals surface area contributed by atoms with E-state index in [9.17, 15) is 4.79 Å². The van der Waals surface area contributed by atoms with Gasteiger partial charge in [0.15, 0.2) is 0 Å². The highest BCUT2D eigenvalue weighted by Crippen LogP contribution is 1.98. The van der Waals surface area contributed by atoms with Gasteiger partial charge in [0.05, 0.1) is 19.6 Å². The first-order chi connectivity index (χ1) is 5.11. The van der Waals surface area contributed by atoms with Gasteiger partial charge in [-0.05, 0) is 0 Å². The minimum Gasteiger partial charge on any atom is -0.391 e. The maximum absolute atomic E-state index is 10.9. The molecule has 0 radical (unpaired) electrons. The van der Waals surface area contributed by atoms with Gasteiger partial charge in [-0.15, -0.1) is 11.6 Å². The highest BCUT2D eigenvalue weighted by Gasteiger charge is 2.12. The number of nitrogens with zero attached hydrogens (tertiary/aromatic N) is 1. The van der Waals surface area contributed by atoms with E-state index in [0.717, 1.165) is 5.06 Å². The third kappa shape index (κ3) is 4.19. The van der Waals surface area contributed by atoms with Crippen LogP contribution in [0.5, 0.6) is 0 Å². The van der Waals surface area contributed by atoms with Crippen molar-refractivity contribution in [1.29, 1.82) is 0 Å². The molecule has 0 aromatic rings. The van der Waals surface area contributed by atoms with Crippen LogP contribution in [0.15, 0.2) is 0 Å². The predicted octanol–water partition coefficient (Wildman–Crippen LogP) is -0.00400. The van der Waals surface area contributed by atoms with Crippen molar-refractivity contribution in [1.82, 2.24) is 5.06 Å². The van der Waals surface area contributed by atoms with Gasteiger partial charge in [-0.3, -0.25) is 9.63 Å². The predicted molar refractivity (Wildman–Crippen MR) is 41.1 cm³/mol. The van der Waals surface area contributed by atoms with Gasteiger partial charge in [-0.2, -0.15) is 0 Å². The van der Waals surface area contributed by atoms with E-state index >= 15 is 0 Å². The van der Waals surface area contributed by atoms with Gasteiger partial charge in [0, 0.05) is 12.9 Å². The molecule has 0 fully saturated rings. The average molecular weight is 182 g/mol. The summed E-state index contributed by atoms with van der Waals surface area (Å²) in [5, 5.41) is 9.99. The van der Waals surface area contributed by atoms with Crippen LogP contribution < -0.4 is 0 Å². The summed E-state index contributed by atoms with van der Waals surface area (Å²) in [7, 11) is 2.86. The minimum absolute atomic E-state index is 0.00611. The normalized spacial score (nSPS) is 12.7. The van der Waals surface area contributed by atoms with E-state index in [1.54, 1.807) is 0 Å². The molecule has 5 heteroatoms. The van der Waals surface area contributed by atoms with Crippen LogP contribution in [0.3, 0.4) is 0 Å². The van der Waals surface area contributed by atoms with E-state index in [1.807, 2.05) is 0 Å². The van der Waals surface area contributed by atoms with Gasteiger partial charge in [-0.25, -0.2) is 5.06 Å². The molecule has 0 aromatic carbocycles. The topological polar surface area (TPSA) is 49.8 Å². The summed E-state index contributed by atoms with van der Waals surface area (Å²) >= 11 is 5.28. The fraction of sp³-hybridized carbons (Fsp3) is 0.833. The number of aliphatic hydroxyl groups is 1. The Labute approximate surface area is 70.7 Å². The third-order valence-corrected chi connectivity index (χ3v) is 1.57. The molecular weight excluding hydrogens is 170 g/mol. The molecular formula is C6H12ClNO3. The molecule has 0 saturated heterocycles. The Morgan fingerprint density at radius 2 is 2.36 bits per heavy atom. The number of amides is 1. The summed E-state index contributed by atoms with van der Waals surface area (Å²) in [6.45, 7) is 0. The quantitative estimate of drug-likeness (QED) is 0.491. The first-order valence-corrected chi connectivity index (χ1v) is 3.70. The SMILES string of the molecule is CON(C)C(=O)CC(O)CCl. The zero-order valence-electron chi connectivity index (χ0n) is 6.58. The summed E-state index contributed by atoms with van der Waals surface area (Å²) in [6, 6.07) is 0. The number of hydrogen-bond acceptors (Lipinski definition) is 3. The largest absolute Gasteiger partial charge is 0.391 e. The fourth-order valence-corrected chi connectivity index (χ4v) is 0.596. The van der Waals surface area contributed by atoms with Crippen molar-refractivity contribution in [3.63, 3.8) is 0 Å². The van der Waals surface area contributed by atoms with E-state index in [2.05, 4.69) is 4.84 Å². The zero-order valence-corrected chi connectivity index (χ0v) is 7.34. The molecule has 0 bridgehead atoms. The Balaban J connectivity index is 3.68. The lowest BCUT2D eigenvalue weighted by atomic mass is 10.3. The van der Waals surface area contributed by atoms with Crippen molar-refractivity contribution in [3.05, 3.63) is 0 Å². The van der Waals surface area contributed by atoms with Gasteiger partial charge >= 0.3 is 0 Å². The van der Waals surface area contributed by atoms with Crippen molar-refractivity contribution in [2.75, 3.05) is 20.0 Å². The molecule has 0 aromatic heterocycles. The van der Waals surface area contributed by atoms with Gasteiger partial charge in [0.2, 0.25) is 5.91 Å². The Hall–Kier alpha value is -0.320. The zero-order chi connectivity index (χ0) is 8.85. The Morgan fingerprint density at radius 3 is 2.73 bits per heavy atom. The standard InChI is InChI=1S/C6H12ClNO3/c1-8(11-2)6(10)3-5(9)4-7/h5,9H,3-4H2,1-2H3. The number of rotatable bonds is 4. The monoisotopic (exact) mass is 181 g/mol. The molecule has 1 amide bonds. The molecule has 66 valence electrons. The van der Waals surface area contributed by atoms with Crippen LogP contribution in [0.4, 0.5) is 0 Å². The molecule has 11 heavy (non-hydrogen) atoms. The second-order valence-electron chi connectivity index (χ2n) is 2.09. The maximum Gasteiger partial charge on any atom is 0.248 e. The summed E-state index contributed by atoms with van der Waals surface area (Å²) in [5.74, 6) is -0.232.